The first kappa shape index (κ1) is 12.7. The van der Waals surface area contributed by atoms with Crippen molar-refractivity contribution >= 4 is 11.9 Å². The fourth-order valence-electron chi connectivity index (χ4n) is 1.11. The lowest BCUT2D eigenvalue weighted by Gasteiger charge is -1.98. The van der Waals surface area contributed by atoms with Crippen molar-refractivity contribution in [3.05, 3.63) is 35.1 Å². The Labute approximate surface area is 97.5 Å². The average molecular weight is 235 g/mol. The largest absolute Gasteiger partial charge is 0.478 e. The molecule has 0 fully saturated rings. The van der Waals surface area contributed by atoms with Gasteiger partial charge in [0.05, 0.1) is 12.1 Å². The minimum Gasteiger partial charge on any atom is -0.478 e. The minimum atomic E-state index is -1.17. The van der Waals surface area contributed by atoms with E-state index in [4.69, 9.17) is 5.11 Å². The van der Waals surface area contributed by atoms with Gasteiger partial charge in [0, 0.05) is 12.5 Å². The van der Waals surface area contributed by atoms with Crippen LogP contribution in [0, 0.1) is 17.7 Å². The molecule has 0 radical (unpaired) electrons. The average Bonchev–Trinajstić information content (AvgIpc) is 2.23. The van der Waals surface area contributed by atoms with Gasteiger partial charge >= 0.3 is 5.97 Å². The molecule has 1 rings (SSSR count). The Bertz CT molecular complexity index is 514. The van der Waals surface area contributed by atoms with E-state index >= 15 is 0 Å². The molecule has 1 aromatic rings. The normalized spacial score (nSPS) is 9.06. The number of halogens is 1. The lowest BCUT2D eigenvalue weighted by molar-refractivity contribution is -0.118. The Morgan fingerprint density at radius 2 is 2.18 bits per heavy atom. The number of carbonyl (C=O) groups excluding carboxylic acids is 1. The van der Waals surface area contributed by atoms with Crippen molar-refractivity contribution < 1.29 is 19.1 Å². The van der Waals surface area contributed by atoms with E-state index in [9.17, 15) is 14.0 Å². The summed E-state index contributed by atoms with van der Waals surface area (Å²) in [5.74, 6) is 3.08. The SMILES string of the molecule is CC(=O)NCC#Cc1cc(F)ccc1C(=O)O. The smallest absolute Gasteiger partial charge is 0.336 e. The van der Waals surface area contributed by atoms with Crippen molar-refractivity contribution in [2.45, 2.75) is 6.92 Å². The van der Waals surface area contributed by atoms with E-state index < -0.39 is 11.8 Å². The topological polar surface area (TPSA) is 66.4 Å². The highest BCUT2D eigenvalue weighted by molar-refractivity contribution is 5.90. The molecule has 0 unspecified atom stereocenters. The number of carboxylic acids is 1. The molecule has 0 saturated heterocycles. The van der Waals surface area contributed by atoms with Crippen LogP contribution >= 0.6 is 0 Å². The van der Waals surface area contributed by atoms with Gasteiger partial charge in [0.25, 0.3) is 0 Å². The van der Waals surface area contributed by atoms with Crippen LogP contribution in [0.3, 0.4) is 0 Å². The van der Waals surface area contributed by atoms with Gasteiger partial charge in [-0.05, 0) is 18.2 Å². The first-order valence-electron chi connectivity index (χ1n) is 4.77. The molecule has 0 bridgehead atoms. The number of hydrogen-bond donors (Lipinski definition) is 2. The van der Waals surface area contributed by atoms with E-state index in [2.05, 4.69) is 17.2 Å². The number of hydrogen-bond acceptors (Lipinski definition) is 2. The fraction of sp³-hybridized carbons (Fsp3) is 0.167. The molecule has 1 amide bonds. The van der Waals surface area contributed by atoms with Crippen LogP contribution in [0.2, 0.25) is 0 Å². The number of aromatic carboxylic acids is 1. The van der Waals surface area contributed by atoms with Crippen molar-refractivity contribution in [1.82, 2.24) is 5.32 Å². The van der Waals surface area contributed by atoms with Crippen molar-refractivity contribution in [2.75, 3.05) is 6.54 Å². The lowest BCUT2D eigenvalue weighted by Crippen LogP contribution is -2.19. The van der Waals surface area contributed by atoms with Gasteiger partial charge in [0.1, 0.15) is 5.82 Å². The van der Waals surface area contributed by atoms with E-state index in [0.29, 0.717) is 0 Å². The summed E-state index contributed by atoms with van der Waals surface area (Å²) in [6, 6.07) is 3.26. The van der Waals surface area contributed by atoms with Gasteiger partial charge in [-0.15, -0.1) is 0 Å². The Kier molecular flexibility index (Phi) is 4.23. The van der Waals surface area contributed by atoms with Crippen LogP contribution < -0.4 is 5.32 Å². The molecule has 0 aliphatic carbocycles. The highest BCUT2D eigenvalue weighted by Gasteiger charge is 2.08. The van der Waals surface area contributed by atoms with E-state index in [1.165, 1.54) is 6.92 Å². The summed E-state index contributed by atoms with van der Waals surface area (Å²) in [7, 11) is 0. The third kappa shape index (κ3) is 3.95. The van der Waals surface area contributed by atoms with Crippen molar-refractivity contribution in [3.8, 4) is 11.8 Å². The monoisotopic (exact) mass is 235 g/mol. The van der Waals surface area contributed by atoms with Gasteiger partial charge in [-0.2, -0.15) is 0 Å². The molecule has 0 atom stereocenters. The Morgan fingerprint density at radius 1 is 1.47 bits per heavy atom. The first-order chi connectivity index (χ1) is 8.00. The summed E-state index contributed by atoms with van der Waals surface area (Å²) in [5, 5.41) is 11.3. The number of carbonyl (C=O) groups is 2. The van der Waals surface area contributed by atoms with E-state index in [0.717, 1.165) is 18.2 Å². The molecule has 0 saturated carbocycles. The number of rotatable bonds is 2. The number of benzene rings is 1. The molecular formula is C12H10FNO3. The van der Waals surface area contributed by atoms with Crippen LogP contribution in [-0.2, 0) is 4.79 Å². The van der Waals surface area contributed by atoms with Crippen LogP contribution in [0.5, 0.6) is 0 Å². The van der Waals surface area contributed by atoms with Crippen LogP contribution in [0.25, 0.3) is 0 Å². The van der Waals surface area contributed by atoms with Crippen LogP contribution in [0.4, 0.5) is 4.39 Å². The first-order valence-corrected chi connectivity index (χ1v) is 4.77. The summed E-state index contributed by atoms with van der Waals surface area (Å²) >= 11 is 0. The van der Waals surface area contributed by atoms with Gasteiger partial charge in [0.2, 0.25) is 5.91 Å². The van der Waals surface area contributed by atoms with Gasteiger partial charge in [-0.25, -0.2) is 9.18 Å². The van der Waals surface area contributed by atoms with E-state index in [-0.39, 0.29) is 23.6 Å². The molecule has 17 heavy (non-hydrogen) atoms. The van der Waals surface area contributed by atoms with E-state index in [1.54, 1.807) is 0 Å². The predicted octanol–water partition coefficient (Wildman–Crippen LogP) is 1.01. The molecule has 2 N–H and O–H groups in total. The summed E-state index contributed by atoms with van der Waals surface area (Å²) in [5.41, 5.74) is 0.0181. The van der Waals surface area contributed by atoms with Crippen LogP contribution in [0.15, 0.2) is 18.2 Å². The van der Waals surface area contributed by atoms with Gasteiger partial charge in [0.15, 0.2) is 0 Å². The molecule has 88 valence electrons. The van der Waals surface area contributed by atoms with Crippen molar-refractivity contribution in [2.24, 2.45) is 0 Å². The van der Waals surface area contributed by atoms with Gasteiger partial charge in [-0.1, -0.05) is 11.8 Å². The Morgan fingerprint density at radius 3 is 2.76 bits per heavy atom. The molecule has 0 aromatic heterocycles. The second-order valence-corrected chi connectivity index (χ2v) is 3.21. The summed E-state index contributed by atoms with van der Waals surface area (Å²) in [6.07, 6.45) is 0. The van der Waals surface area contributed by atoms with Crippen LogP contribution in [-0.4, -0.2) is 23.5 Å². The molecule has 0 aliphatic heterocycles. The standard InChI is InChI=1S/C12H10FNO3/c1-8(15)14-6-2-3-9-7-10(13)4-5-11(9)12(16)17/h4-5,7H,6H2,1H3,(H,14,15)(H,16,17). The van der Waals surface area contributed by atoms with Gasteiger partial charge in [-0.3, -0.25) is 4.79 Å². The molecule has 0 spiro atoms. The zero-order valence-corrected chi connectivity index (χ0v) is 9.08. The number of amides is 1. The van der Waals surface area contributed by atoms with Gasteiger partial charge < -0.3 is 10.4 Å². The Balaban J connectivity index is 2.92. The molecule has 4 nitrogen and oxygen atoms in total. The molecule has 5 heteroatoms. The molecular weight excluding hydrogens is 225 g/mol. The lowest BCUT2D eigenvalue weighted by atomic mass is 10.1. The molecule has 0 heterocycles. The third-order valence-corrected chi connectivity index (χ3v) is 1.86. The molecule has 1 aromatic carbocycles. The molecule has 0 aliphatic rings. The second kappa shape index (κ2) is 5.66. The van der Waals surface area contributed by atoms with E-state index in [1.807, 2.05) is 0 Å². The predicted molar refractivity (Wildman–Crippen MR) is 58.9 cm³/mol. The number of nitrogens with one attached hydrogen (secondary N) is 1. The third-order valence-electron chi connectivity index (χ3n) is 1.86. The van der Waals surface area contributed by atoms with Crippen LogP contribution in [0.1, 0.15) is 22.8 Å². The summed E-state index contributed by atoms with van der Waals surface area (Å²) < 4.78 is 12.9. The second-order valence-electron chi connectivity index (χ2n) is 3.21. The zero-order valence-electron chi connectivity index (χ0n) is 9.08. The maximum Gasteiger partial charge on any atom is 0.336 e. The highest BCUT2D eigenvalue weighted by atomic mass is 19.1. The zero-order chi connectivity index (χ0) is 12.8. The summed E-state index contributed by atoms with van der Waals surface area (Å²) in [6.45, 7) is 1.43. The van der Waals surface area contributed by atoms with Crippen molar-refractivity contribution in [3.63, 3.8) is 0 Å². The maximum atomic E-state index is 12.9. The Hall–Kier alpha value is -2.35. The highest BCUT2D eigenvalue weighted by Crippen LogP contribution is 2.10. The summed E-state index contributed by atoms with van der Waals surface area (Å²) in [4.78, 5) is 21.4. The van der Waals surface area contributed by atoms with Crippen molar-refractivity contribution in [1.29, 1.82) is 0 Å². The number of carboxylic acid groups (broad SMARTS) is 1. The maximum absolute atomic E-state index is 12.9. The fourth-order valence-corrected chi connectivity index (χ4v) is 1.11. The quantitative estimate of drug-likeness (QED) is 0.752. The minimum absolute atomic E-state index is 0.0678.